The summed E-state index contributed by atoms with van der Waals surface area (Å²) in [6.07, 6.45) is 2.21. The van der Waals surface area contributed by atoms with Crippen LogP contribution in [0.1, 0.15) is 12.8 Å². The molecule has 1 fully saturated rings. The molecule has 1 saturated carbocycles. The maximum atomic E-state index is 8.85. The minimum Gasteiger partial charge on any atom is -0.394 e. The maximum absolute atomic E-state index is 8.85. The SMILES string of the molecule is COCCNC1(CO)CC1. The summed E-state index contributed by atoms with van der Waals surface area (Å²) in [4.78, 5) is 0. The van der Waals surface area contributed by atoms with Crippen LogP contribution < -0.4 is 5.32 Å². The van der Waals surface area contributed by atoms with E-state index in [-0.39, 0.29) is 12.1 Å². The van der Waals surface area contributed by atoms with E-state index < -0.39 is 0 Å². The van der Waals surface area contributed by atoms with Gasteiger partial charge < -0.3 is 15.2 Å². The van der Waals surface area contributed by atoms with Gasteiger partial charge >= 0.3 is 0 Å². The molecule has 0 spiro atoms. The van der Waals surface area contributed by atoms with Gasteiger partial charge in [-0.2, -0.15) is 0 Å². The van der Waals surface area contributed by atoms with Gasteiger partial charge in [-0.15, -0.1) is 0 Å². The summed E-state index contributed by atoms with van der Waals surface area (Å²) in [6, 6.07) is 0. The molecule has 0 aromatic carbocycles. The van der Waals surface area contributed by atoms with Crippen LogP contribution in [-0.4, -0.2) is 37.5 Å². The summed E-state index contributed by atoms with van der Waals surface area (Å²) in [5, 5.41) is 12.1. The van der Waals surface area contributed by atoms with E-state index in [0.717, 1.165) is 26.0 Å². The lowest BCUT2D eigenvalue weighted by Crippen LogP contribution is -2.36. The zero-order chi connectivity index (χ0) is 7.45. The van der Waals surface area contributed by atoms with E-state index in [1.165, 1.54) is 0 Å². The van der Waals surface area contributed by atoms with Gasteiger partial charge in [-0.1, -0.05) is 0 Å². The third-order valence-electron chi connectivity index (χ3n) is 1.96. The van der Waals surface area contributed by atoms with E-state index in [4.69, 9.17) is 9.84 Å². The fraction of sp³-hybridized carbons (Fsp3) is 1.00. The fourth-order valence-corrected chi connectivity index (χ4v) is 0.960. The number of aliphatic hydroxyl groups excluding tert-OH is 1. The Hall–Kier alpha value is -0.120. The van der Waals surface area contributed by atoms with Crippen molar-refractivity contribution in [2.24, 2.45) is 0 Å². The number of rotatable bonds is 5. The van der Waals surface area contributed by atoms with Gasteiger partial charge in [-0.25, -0.2) is 0 Å². The van der Waals surface area contributed by atoms with Crippen LogP contribution in [0.5, 0.6) is 0 Å². The average Bonchev–Trinajstić information content (AvgIpc) is 2.70. The Morgan fingerprint density at radius 2 is 2.30 bits per heavy atom. The summed E-state index contributed by atoms with van der Waals surface area (Å²) < 4.78 is 4.87. The third kappa shape index (κ3) is 1.94. The standard InChI is InChI=1S/C7H15NO2/c1-10-5-4-8-7(6-9)2-3-7/h8-9H,2-6H2,1H3. The predicted molar refractivity (Wildman–Crippen MR) is 38.9 cm³/mol. The van der Waals surface area contributed by atoms with Crippen molar-refractivity contribution < 1.29 is 9.84 Å². The molecular weight excluding hydrogens is 130 g/mol. The second-order valence-electron chi connectivity index (χ2n) is 2.86. The van der Waals surface area contributed by atoms with Crippen molar-refractivity contribution >= 4 is 0 Å². The van der Waals surface area contributed by atoms with Gasteiger partial charge in [0.25, 0.3) is 0 Å². The Kier molecular flexibility index (Phi) is 2.65. The molecule has 0 radical (unpaired) electrons. The van der Waals surface area contributed by atoms with Gasteiger partial charge in [0.1, 0.15) is 0 Å². The minimum atomic E-state index is 0.0680. The molecule has 0 saturated heterocycles. The van der Waals surface area contributed by atoms with Gasteiger partial charge in [-0.3, -0.25) is 0 Å². The Bertz CT molecular complexity index is 102. The first-order chi connectivity index (χ1) is 4.83. The van der Waals surface area contributed by atoms with Gasteiger partial charge in [0.05, 0.1) is 13.2 Å². The van der Waals surface area contributed by atoms with Crippen molar-refractivity contribution in [3.63, 3.8) is 0 Å². The highest BCUT2D eigenvalue weighted by Gasteiger charge is 2.40. The van der Waals surface area contributed by atoms with Gasteiger partial charge in [0, 0.05) is 19.2 Å². The number of nitrogens with one attached hydrogen (secondary N) is 1. The van der Waals surface area contributed by atoms with Crippen LogP contribution in [0, 0.1) is 0 Å². The molecule has 60 valence electrons. The van der Waals surface area contributed by atoms with Crippen LogP contribution in [0.2, 0.25) is 0 Å². The zero-order valence-electron chi connectivity index (χ0n) is 6.39. The van der Waals surface area contributed by atoms with Crippen LogP contribution in [0.25, 0.3) is 0 Å². The number of methoxy groups -OCH3 is 1. The second kappa shape index (κ2) is 3.32. The second-order valence-corrected chi connectivity index (χ2v) is 2.86. The molecule has 0 aromatic heterocycles. The highest BCUT2D eigenvalue weighted by molar-refractivity contribution is 5.01. The summed E-state index contributed by atoms with van der Waals surface area (Å²) in [7, 11) is 1.68. The molecule has 0 aromatic rings. The molecule has 2 N–H and O–H groups in total. The molecular formula is C7H15NO2. The molecule has 10 heavy (non-hydrogen) atoms. The largest absolute Gasteiger partial charge is 0.394 e. The van der Waals surface area contributed by atoms with Crippen molar-refractivity contribution in [2.75, 3.05) is 26.9 Å². The number of hydrogen-bond donors (Lipinski definition) is 2. The van der Waals surface area contributed by atoms with E-state index in [1.807, 2.05) is 0 Å². The highest BCUT2D eigenvalue weighted by atomic mass is 16.5. The highest BCUT2D eigenvalue weighted by Crippen LogP contribution is 2.34. The van der Waals surface area contributed by atoms with Crippen LogP contribution >= 0.6 is 0 Å². The van der Waals surface area contributed by atoms with Crippen molar-refractivity contribution in [1.82, 2.24) is 5.32 Å². The first kappa shape index (κ1) is 7.98. The van der Waals surface area contributed by atoms with E-state index in [9.17, 15) is 0 Å². The van der Waals surface area contributed by atoms with E-state index in [0.29, 0.717) is 0 Å². The quantitative estimate of drug-likeness (QED) is 0.524. The normalized spacial score (nSPS) is 21.0. The van der Waals surface area contributed by atoms with Crippen molar-refractivity contribution in [2.45, 2.75) is 18.4 Å². The number of hydrogen-bond acceptors (Lipinski definition) is 3. The monoisotopic (exact) mass is 145 g/mol. The molecule has 0 amide bonds. The van der Waals surface area contributed by atoms with E-state index in [2.05, 4.69) is 5.32 Å². The van der Waals surface area contributed by atoms with Crippen LogP contribution in [-0.2, 0) is 4.74 Å². The minimum absolute atomic E-state index is 0.0680. The van der Waals surface area contributed by atoms with Crippen LogP contribution in [0.4, 0.5) is 0 Å². The predicted octanol–water partition coefficient (Wildman–Crippen LogP) is -0.253. The molecule has 3 heteroatoms. The summed E-state index contributed by atoms with van der Waals surface area (Å²) in [6.45, 7) is 1.83. The Morgan fingerprint density at radius 3 is 2.70 bits per heavy atom. The molecule has 0 heterocycles. The van der Waals surface area contributed by atoms with Gasteiger partial charge in [0.15, 0.2) is 0 Å². The summed E-state index contributed by atoms with van der Waals surface area (Å²) in [5.74, 6) is 0. The molecule has 1 aliphatic carbocycles. The molecule has 0 bridgehead atoms. The molecule has 0 aliphatic heterocycles. The molecule has 0 unspecified atom stereocenters. The van der Waals surface area contributed by atoms with Crippen LogP contribution in [0.15, 0.2) is 0 Å². The lowest BCUT2D eigenvalue weighted by Gasteiger charge is -2.12. The number of ether oxygens (including phenoxy) is 1. The lowest BCUT2D eigenvalue weighted by molar-refractivity contribution is 0.179. The van der Waals surface area contributed by atoms with Crippen molar-refractivity contribution in [3.8, 4) is 0 Å². The van der Waals surface area contributed by atoms with Crippen LogP contribution in [0.3, 0.4) is 0 Å². The summed E-state index contributed by atoms with van der Waals surface area (Å²) in [5.41, 5.74) is 0.0680. The first-order valence-corrected chi connectivity index (χ1v) is 3.68. The van der Waals surface area contributed by atoms with E-state index >= 15 is 0 Å². The summed E-state index contributed by atoms with van der Waals surface area (Å²) >= 11 is 0. The van der Waals surface area contributed by atoms with Gasteiger partial charge in [-0.05, 0) is 12.8 Å². The van der Waals surface area contributed by atoms with Gasteiger partial charge in [0.2, 0.25) is 0 Å². The van der Waals surface area contributed by atoms with Crippen molar-refractivity contribution in [3.05, 3.63) is 0 Å². The Labute approximate surface area is 61.4 Å². The van der Waals surface area contributed by atoms with Crippen molar-refractivity contribution in [1.29, 1.82) is 0 Å². The molecule has 3 nitrogen and oxygen atoms in total. The Balaban J connectivity index is 2.01. The molecule has 1 rings (SSSR count). The van der Waals surface area contributed by atoms with E-state index in [1.54, 1.807) is 7.11 Å². The zero-order valence-corrected chi connectivity index (χ0v) is 6.39. The molecule has 0 atom stereocenters. The number of aliphatic hydroxyl groups is 1. The lowest BCUT2D eigenvalue weighted by atomic mass is 10.3. The topological polar surface area (TPSA) is 41.5 Å². The fourth-order valence-electron chi connectivity index (χ4n) is 0.960. The Morgan fingerprint density at radius 1 is 1.60 bits per heavy atom. The molecule has 1 aliphatic rings. The first-order valence-electron chi connectivity index (χ1n) is 3.68. The smallest absolute Gasteiger partial charge is 0.0613 e. The average molecular weight is 145 g/mol. The third-order valence-corrected chi connectivity index (χ3v) is 1.96. The maximum Gasteiger partial charge on any atom is 0.0613 e.